The van der Waals surface area contributed by atoms with E-state index in [1.807, 2.05) is 42.5 Å². The van der Waals surface area contributed by atoms with E-state index < -0.39 is 11.9 Å². The monoisotopic (exact) mass is 625 g/mol. The van der Waals surface area contributed by atoms with E-state index in [0.29, 0.717) is 17.7 Å². The number of ether oxygens (including phenoxy) is 1. The van der Waals surface area contributed by atoms with Gasteiger partial charge in [0.1, 0.15) is 18.1 Å². The summed E-state index contributed by atoms with van der Waals surface area (Å²) in [5, 5.41) is 12.0. The zero-order chi connectivity index (χ0) is 21.5. The summed E-state index contributed by atoms with van der Waals surface area (Å²) >= 11 is 4.32. The summed E-state index contributed by atoms with van der Waals surface area (Å²) < 4.78 is 7.66. The van der Waals surface area contributed by atoms with Gasteiger partial charge in [0.25, 0.3) is 5.91 Å². The maximum Gasteiger partial charge on any atom is 0.352 e. The maximum absolute atomic E-state index is 12.3. The van der Waals surface area contributed by atoms with Gasteiger partial charge in [-0.25, -0.2) is 4.79 Å². The molecule has 2 N–H and O–H groups in total. The molecule has 0 spiro atoms. The summed E-state index contributed by atoms with van der Waals surface area (Å²) in [6.07, 6.45) is 1.44. The van der Waals surface area contributed by atoms with Crippen molar-refractivity contribution in [3.8, 4) is 5.75 Å². The first-order valence-corrected chi connectivity index (χ1v) is 11.1. The van der Waals surface area contributed by atoms with E-state index in [-0.39, 0.29) is 5.70 Å². The van der Waals surface area contributed by atoms with Crippen LogP contribution in [0.25, 0.3) is 6.08 Å². The van der Waals surface area contributed by atoms with Gasteiger partial charge in [0.2, 0.25) is 0 Å². The molecule has 0 saturated heterocycles. The van der Waals surface area contributed by atoms with Crippen molar-refractivity contribution in [2.75, 3.05) is 0 Å². The number of aliphatic carboxylic acids is 1. The van der Waals surface area contributed by atoms with Crippen LogP contribution in [0.1, 0.15) is 21.5 Å². The first-order chi connectivity index (χ1) is 14.4. The number of carbonyl (C=O) groups excluding carboxylic acids is 1. The Morgan fingerprint density at radius 1 is 0.933 bits per heavy atom. The second kappa shape index (κ2) is 10.6. The fourth-order valence-electron chi connectivity index (χ4n) is 2.63. The van der Waals surface area contributed by atoms with Crippen LogP contribution in [0.2, 0.25) is 0 Å². The smallest absolute Gasteiger partial charge is 0.352 e. The maximum atomic E-state index is 12.3. The third kappa shape index (κ3) is 6.05. The standard InChI is InChI=1S/C23H17I2NO4/c24-18-11-16(12-19(25)21(18)30-14-15-7-3-1-4-8-15)13-20(23(28)29)26-22(27)17-9-5-2-6-10-17/h1-13H,14H2,(H,26,27)(H,28,29)/b20-13+. The normalized spacial score (nSPS) is 11.1. The van der Waals surface area contributed by atoms with Crippen LogP contribution in [0.3, 0.4) is 0 Å². The molecule has 1 amide bonds. The van der Waals surface area contributed by atoms with E-state index >= 15 is 0 Å². The Balaban J connectivity index is 1.80. The van der Waals surface area contributed by atoms with E-state index in [1.54, 1.807) is 30.3 Å². The first-order valence-electron chi connectivity index (χ1n) is 8.91. The Kier molecular flexibility index (Phi) is 7.86. The third-order valence-corrected chi connectivity index (χ3v) is 5.67. The van der Waals surface area contributed by atoms with Crippen molar-refractivity contribution in [2.45, 2.75) is 6.61 Å². The van der Waals surface area contributed by atoms with Crippen molar-refractivity contribution in [3.63, 3.8) is 0 Å². The topological polar surface area (TPSA) is 75.6 Å². The number of nitrogens with one attached hydrogen (secondary N) is 1. The molecule has 30 heavy (non-hydrogen) atoms. The van der Waals surface area contributed by atoms with Gasteiger partial charge in [0.15, 0.2) is 0 Å². The Morgan fingerprint density at radius 3 is 2.07 bits per heavy atom. The molecular weight excluding hydrogens is 608 g/mol. The Labute approximate surface area is 201 Å². The fraction of sp³-hybridized carbons (Fsp3) is 0.0435. The van der Waals surface area contributed by atoms with Crippen molar-refractivity contribution in [2.24, 2.45) is 0 Å². The van der Waals surface area contributed by atoms with Crippen LogP contribution in [-0.4, -0.2) is 17.0 Å². The molecule has 0 radical (unpaired) electrons. The molecule has 0 saturated carbocycles. The highest BCUT2D eigenvalue weighted by atomic mass is 127. The number of carboxylic acids is 1. The molecule has 0 aromatic heterocycles. The number of hydrogen-bond donors (Lipinski definition) is 2. The van der Waals surface area contributed by atoms with Crippen LogP contribution in [0.15, 0.2) is 78.5 Å². The SMILES string of the molecule is O=C(O)/C(=C\c1cc(I)c(OCc2ccccc2)c(I)c1)NC(=O)c1ccccc1. The quantitative estimate of drug-likeness (QED) is 0.275. The van der Waals surface area contributed by atoms with E-state index in [0.717, 1.165) is 18.5 Å². The van der Waals surface area contributed by atoms with Gasteiger partial charge >= 0.3 is 5.97 Å². The molecular formula is C23H17I2NO4. The molecule has 3 aromatic carbocycles. The minimum atomic E-state index is -1.21. The lowest BCUT2D eigenvalue weighted by Gasteiger charge is -2.12. The number of amides is 1. The van der Waals surface area contributed by atoms with Crippen LogP contribution in [0.5, 0.6) is 5.75 Å². The first kappa shape index (κ1) is 22.3. The van der Waals surface area contributed by atoms with Crippen LogP contribution in [0, 0.1) is 7.14 Å². The largest absolute Gasteiger partial charge is 0.487 e. The lowest BCUT2D eigenvalue weighted by molar-refractivity contribution is -0.132. The van der Waals surface area contributed by atoms with Gasteiger partial charge in [0.05, 0.1) is 7.14 Å². The minimum Gasteiger partial charge on any atom is -0.487 e. The molecule has 7 heteroatoms. The summed E-state index contributed by atoms with van der Waals surface area (Å²) in [5.41, 5.74) is 1.90. The number of carbonyl (C=O) groups is 2. The van der Waals surface area contributed by atoms with Crippen molar-refractivity contribution in [1.82, 2.24) is 5.32 Å². The molecule has 0 fully saturated rings. The van der Waals surface area contributed by atoms with Gasteiger partial charge in [-0.2, -0.15) is 0 Å². The number of hydrogen-bond acceptors (Lipinski definition) is 3. The summed E-state index contributed by atoms with van der Waals surface area (Å²) in [7, 11) is 0. The minimum absolute atomic E-state index is 0.201. The molecule has 3 aromatic rings. The van der Waals surface area contributed by atoms with Crippen molar-refractivity contribution in [3.05, 3.63) is 102 Å². The van der Waals surface area contributed by atoms with E-state index in [4.69, 9.17) is 4.74 Å². The fourth-order valence-corrected chi connectivity index (χ4v) is 4.76. The molecule has 152 valence electrons. The summed E-state index contributed by atoms with van der Waals surface area (Å²) in [6, 6.07) is 22.0. The molecule has 0 heterocycles. The van der Waals surface area contributed by atoms with E-state index in [1.165, 1.54) is 6.08 Å². The van der Waals surface area contributed by atoms with Gasteiger partial charge in [0, 0.05) is 5.56 Å². The number of halogens is 2. The van der Waals surface area contributed by atoms with Crippen LogP contribution < -0.4 is 10.1 Å². The van der Waals surface area contributed by atoms with Gasteiger partial charge in [-0.3, -0.25) is 4.79 Å². The lowest BCUT2D eigenvalue weighted by atomic mass is 10.1. The highest BCUT2D eigenvalue weighted by Crippen LogP contribution is 2.30. The molecule has 0 aliphatic carbocycles. The van der Waals surface area contributed by atoms with Gasteiger partial charge in [-0.1, -0.05) is 48.5 Å². The van der Waals surface area contributed by atoms with E-state index in [2.05, 4.69) is 50.5 Å². The van der Waals surface area contributed by atoms with Gasteiger partial charge in [-0.05, 0) is 86.7 Å². The van der Waals surface area contributed by atoms with Crippen LogP contribution >= 0.6 is 45.2 Å². The lowest BCUT2D eigenvalue weighted by Crippen LogP contribution is -2.27. The molecule has 0 bridgehead atoms. The van der Waals surface area contributed by atoms with Crippen molar-refractivity contribution < 1.29 is 19.4 Å². The molecule has 0 aliphatic rings. The Hall–Kier alpha value is -2.40. The van der Waals surface area contributed by atoms with Gasteiger partial charge < -0.3 is 15.2 Å². The highest BCUT2D eigenvalue weighted by molar-refractivity contribution is 14.1. The predicted octanol–water partition coefficient (Wildman–Crippen LogP) is 5.33. The third-order valence-electron chi connectivity index (χ3n) is 4.07. The Bertz CT molecular complexity index is 1060. The van der Waals surface area contributed by atoms with Crippen molar-refractivity contribution in [1.29, 1.82) is 0 Å². The second-order valence-electron chi connectivity index (χ2n) is 6.27. The number of rotatable bonds is 7. The summed E-state index contributed by atoms with van der Waals surface area (Å²) in [4.78, 5) is 24.0. The number of carboxylic acid groups (broad SMARTS) is 1. The number of benzene rings is 3. The average Bonchev–Trinajstić information content (AvgIpc) is 2.74. The van der Waals surface area contributed by atoms with Crippen molar-refractivity contribution >= 4 is 63.1 Å². The summed E-state index contributed by atoms with van der Waals surface area (Å²) in [6.45, 7) is 0.440. The predicted molar refractivity (Wildman–Crippen MR) is 132 cm³/mol. The molecule has 5 nitrogen and oxygen atoms in total. The molecule has 0 atom stereocenters. The average molecular weight is 625 g/mol. The van der Waals surface area contributed by atoms with Crippen LogP contribution in [0.4, 0.5) is 0 Å². The molecule has 0 aliphatic heterocycles. The zero-order valence-corrected chi connectivity index (χ0v) is 20.0. The summed E-state index contributed by atoms with van der Waals surface area (Å²) in [5.74, 6) is -0.951. The second-order valence-corrected chi connectivity index (χ2v) is 8.60. The zero-order valence-electron chi connectivity index (χ0n) is 15.6. The van der Waals surface area contributed by atoms with Crippen LogP contribution in [-0.2, 0) is 11.4 Å². The molecule has 3 rings (SSSR count). The Morgan fingerprint density at radius 2 is 1.50 bits per heavy atom. The highest BCUT2D eigenvalue weighted by Gasteiger charge is 2.15. The van der Waals surface area contributed by atoms with E-state index in [9.17, 15) is 14.7 Å². The molecule has 0 unspecified atom stereocenters. The van der Waals surface area contributed by atoms with Gasteiger partial charge in [-0.15, -0.1) is 0 Å².